The van der Waals surface area contributed by atoms with Gasteiger partial charge in [0.15, 0.2) is 0 Å². The third-order valence-corrected chi connectivity index (χ3v) is 4.68. The third-order valence-electron chi connectivity index (χ3n) is 4.68. The minimum absolute atomic E-state index is 0.260. The summed E-state index contributed by atoms with van der Waals surface area (Å²) in [6, 6.07) is 24.5. The second kappa shape index (κ2) is 10.6. The van der Waals surface area contributed by atoms with E-state index in [4.69, 9.17) is 4.74 Å². The number of para-hydroxylation sites is 1. The van der Waals surface area contributed by atoms with E-state index in [0.717, 1.165) is 0 Å². The lowest BCUT2D eigenvalue weighted by Gasteiger charge is -2.10. The molecule has 0 aliphatic carbocycles. The van der Waals surface area contributed by atoms with Gasteiger partial charge in [0, 0.05) is 41.1 Å². The fourth-order valence-electron chi connectivity index (χ4n) is 3.08. The van der Waals surface area contributed by atoms with Crippen molar-refractivity contribution in [2.24, 2.45) is 0 Å². The number of urea groups is 1. The van der Waals surface area contributed by atoms with E-state index in [-0.39, 0.29) is 11.9 Å². The molecule has 0 saturated heterocycles. The molecule has 3 amide bonds. The summed E-state index contributed by atoms with van der Waals surface area (Å²) in [5.74, 6) is 0.396. The molecule has 0 fully saturated rings. The molecule has 33 heavy (non-hydrogen) atoms. The van der Waals surface area contributed by atoms with Crippen molar-refractivity contribution in [3.8, 4) is 5.75 Å². The fraction of sp³-hybridized carbons (Fsp3) is 0.0800. The SMILES string of the molecule is O=C(Nc1ccccc1)Nc1ccc(C(=O)Nc2cccc(OCCn3cccn3)c2)cc1. The molecular formula is C25H23N5O3. The Kier molecular flexibility index (Phi) is 6.97. The number of amides is 3. The Bertz CT molecular complexity index is 1190. The van der Waals surface area contributed by atoms with Crippen molar-refractivity contribution in [1.29, 1.82) is 0 Å². The summed E-state index contributed by atoms with van der Waals surface area (Å²) in [6.07, 6.45) is 3.59. The summed E-state index contributed by atoms with van der Waals surface area (Å²) in [4.78, 5) is 24.7. The highest BCUT2D eigenvalue weighted by molar-refractivity contribution is 6.05. The van der Waals surface area contributed by atoms with Gasteiger partial charge in [-0.05, 0) is 54.6 Å². The average Bonchev–Trinajstić information content (AvgIpc) is 3.34. The summed E-state index contributed by atoms with van der Waals surface area (Å²) in [7, 11) is 0. The Balaban J connectivity index is 1.29. The molecule has 1 aromatic heterocycles. The van der Waals surface area contributed by atoms with Crippen molar-refractivity contribution in [3.63, 3.8) is 0 Å². The largest absolute Gasteiger partial charge is 0.492 e. The topological polar surface area (TPSA) is 97.3 Å². The third kappa shape index (κ3) is 6.44. The van der Waals surface area contributed by atoms with Crippen LogP contribution in [0.2, 0.25) is 0 Å². The van der Waals surface area contributed by atoms with Gasteiger partial charge in [0.1, 0.15) is 12.4 Å². The first-order chi connectivity index (χ1) is 16.2. The van der Waals surface area contributed by atoms with E-state index < -0.39 is 0 Å². The van der Waals surface area contributed by atoms with E-state index in [0.29, 0.717) is 41.5 Å². The quantitative estimate of drug-likeness (QED) is 0.364. The Labute approximate surface area is 191 Å². The highest BCUT2D eigenvalue weighted by Gasteiger charge is 2.08. The Morgan fingerprint density at radius 2 is 1.52 bits per heavy atom. The van der Waals surface area contributed by atoms with Gasteiger partial charge in [-0.3, -0.25) is 9.48 Å². The van der Waals surface area contributed by atoms with Gasteiger partial charge < -0.3 is 20.7 Å². The zero-order chi connectivity index (χ0) is 22.9. The molecule has 0 bridgehead atoms. The maximum absolute atomic E-state index is 12.6. The highest BCUT2D eigenvalue weighted by Crippen LogP contribution is 2.19. The van der Waals surface area contributed by atoms with Gasteiger partial charge in [-0.25, -0.2) is 4.79 Å². The van der Waals surface area contributed by atoms with Gasteiger partial charge in [0.25, 0.3) is 5.91 Å². The van der Waals surface area contributed by atoms with Crippen molar-refractivity contribution in [2.75, 3.05) is 22.6 Å². The zero-order valence-electron chi connectivity index (χ0n) is 17.8. The van der Waals surface area contributed by atoms with E-state index in [1.54, 1.807) is 59.4 Å². The van der Waals surface area contributed by atoms with Crippen LogP contribution in [0.1, 0.15) is 10.4 Å². The average molecular weight is 441 g/mol. The molecule has 0 atom stereocenters. The predicted octanol–water partition coefficient (Wildman–Crippen LogP) is 4.86. The van der Waals surface area contributed by atoms with Crippen LogP contribution in [0.3, 0.4) is 0 Å². The molecule has 0 radical (unpaired) electrons. The maximum Gasteiger partial charge on any atom is 0.323 e. The first-order valence-electron chi connectivity index (χ1n) is 10.4. The molecule has 4 aromatic rings. The number of anilines is 3. The van der Waals surface area contributed by atoms with Crippen molar-refractivity contribution >= 4 is 29.0 Å². The minimum atomic E-state index is -0.359. The van der Waals surface area contributed by atoms with Crippen LogP contribution in [-0.2, 0) is 6.54 Å². The number of aromatic nitrogens is 2. The van der Waals surface area contributed by atoms with Crippen LogP contribution in [-0.4, -0.2) is 28.3 Å². The van der Waals surface area contributed by atoms with Crippen molar-refractivity contribution in [3.05, 3.63) is 103 Å². The lowest BCUT2D eigenvalue weighted by atomic mass is 10.2. The zero-order valence-corrected chi connectivity index (χ0v) is 17.8. The standard InChI is InChI=1S/C25H23N5O3/c31-24(27-22-8-4-9-23(18-22)33-17-16-30-15-5-14-26-30)19-10-12-21(13-11-19)29-25(32)28-20-6-2-1-3-7-20/h1-15,18H,16-17H2,(H,27,31)(H2,28,29,32). The Morgan fingerprint density at radius 1 is 0.788 bits per heavy atom. The summed E-state index contributed by atoms with van der Waals surface area (Å²) in [5, 5.41) is 12.5. The summed E-state index contributed by atoms with van der Waals surface area (Å²) >= 11 is 0. The van der Waals surface area contributed by atoms with Gasteiger partial charge in [0.2, 0.25) is 0 Å². The molecule has 166 valence electrons. The van der Waals surface area contributed by atoms with Gasteiger partial charge >= 0.3 is 6.03 Å². The number of hydrogen-bond donors (Lipinski definition) is 3. The van der Waals surface area contributed by atoms with E-state index >= 15 is 0 Å². The van der Waals surface area contributed by atoms with Crippen LogP contribution in [0, 0.1) is 0 Å². The van der Waals surface area contributed by atoms with Crippen LogP contribution in [0.25, 0.3) is 0 Å². The molecule has 0 unspecified atom stereocenters. The minimum Gasteiger partial charge on any atom is -0.492 e. The second-order valence-electron chi connectivity index (χ2n) is 7.12. The maximum atomic E-state index is 12.6. The number of rotatable bonds is 8. The molecule has 8 heteroatoms. The number of carbonyl (C=O) groups excluding carboxylic acids is 2. The van der Waals surface area contributed by atoms with Crippen molar-refractivity contribution < 1.29 is 14.3 Å². The summed E-state index contributed by atoms with van der Waals surface area (Å²) in [5.41, 5.74) is 2.36. The molecule has 3 aromatic carbocycles. The smallest absolute Gasteiger partial charge is 0.323 e. The van der Waals surface area contributed by atoms with Crippen LogP contribution in [0.5, 0.6) is 5.75 Å². The molecule has 0 aliphatic heterocycles. The fourth-order valence-corrected chi connectivity index (χ4v) is 3.08. The van der Waals surface area contributed by atoms with Crippen LogP contribution in [0.15, 0.2) is 97.3 Å². The molecule has 0 aliphatic rings. The first kappa shape index (κ1) is 21.6. The molecule has 1 heterocycles. The van der Waals surface area contributed by atoms with E-state index in [9.17, 15) is 9.59 Å². The number of nitrogens with one attached hydrogen (secondary N) is 3. The predicted molar refractivity (Wildman–Crippen MR) is 128 cm³/mol. The van der Waals surface area contributed by atoms with Crippen molar-refractivity contribution in [1.82, 2.24) is 9.78 Å². The van der Waals surface area contributed by atoms with Gasteiger partial charge in [0.05, 0.1) is 6.54 Å². The summed E-state index contributed by atoms with van der Waals surface area (Å²) in [6.45, 7) is 1.10. The molecule has 8 nitrogen and oxygen atoms in total. The van der Waals surface area contributed by atoms with Gasteiger partial charge in [-0.1, -0.05) is 24.3 Å². The van der Waals surface area contributed by atoms with E-state index in [2.05, 4.69) is 21.0 Å². The number of ether oxygens (including phenoxy) is 1. The van der Waals surface area contributed by atoms with Crippen LogP contribution >= 0.6 is 0 Å². The summed E-state index contributed by atoms with van der Waals surface area (Å²) < 4.78 is 7.53. The molecule has 0 saturated carbocycles. The van der Waals surface area contributed by atoms with Gasteiger partial charge in [-0.2, -0.15) is 5.10 Å². The number of benzene rings is 3. The monoisotopic (exact) mass is 441 g/mol. The number of nitrogens with zero attached hydrogens (tertiary/aromatic N) is 2. The van der Waals surface area contributed by atoms with Gasteiger partial charge in [-0.15, -0.1) is 0 Å². The second-order valence-corrected chi connectivity index (χ2v) is 7.12. The lowest BCUT2D eigenvalue weighted by Crippen LogP contribution is -2.19. The number of carbonyl (C=O) groups is 2. The normalized spacial score (nSPS) is 10.3. The molecular weight excluding hydrogens is 418 g/mol. The lowest BCUT2D eigenvalue weighted by molar-refractivity contribution is 0.102. The van der Waals surface area contributed by atoms with Crippen LogP contribution < -0.4 is 20.7 Å². The number of hydrogen-bond acceptors (Lipinski definition) is 4. The van der Waals surface area contributed by atoms with E-state index in [1.165, 1.54) is 0 Å². The highest BCUT2D eigenvalue weighted by atomic mass is 16.5. The Hall–Kier alpha value is -4.59. The van der Waals surface area contributed by atoms with E-state index in [1.807, 2.05) is 42.6 Å². The molecule has 3 N–H and O–H groups in total. The van der Waals surface area contributed by atoms with Crippen molar-refractivity contribution in [2.45, 2.75) is 6.54 Å². The molecule has 0 spiro atoms. The molecule has 4 rings (SSSR count). The Morgan fingerprint density at radius 3 is 2.24 bits per heavy atom. The van der Waals surface area contributed by atoms with Crippen LogP contribution in [0.4, 0.5) is 21.9 Å². The first-order valence-corrected chi connectivity index (χ1v) is 10.4.